The lowest BCUT2D eigenvalue weighted by molar-refractivity contribution is -0.142. The summed E-state index contributed by atoms with van der Waals surface area (Å²) in [5.74, 6) is -0.395. The molecule has 0 aliphatic carbocycles. The van der Waals surface area contributed by atoms with Crippen LogP contribution in [0.25, 0.3) is 0 Å². The van der Waals surface area contributed by atoms with Gasteiger partial charge < -0.3 is 4.74 Å². The molecule has 0 saturated heterocycles. The van der Waals surface area contributed by atoms with E-state index in [-0.39, 0.29) is 6.42 Å². The molecule has 1 rings (SSSR count). The zero-order valence-electron chi connectivity index (χ0n) is 9.82. The van der Waals surface area contributed by atoms with Crippen molar-refractivity contribution in [1.82, 2.24) is 0 Å². The maximum atomic E-state index is 11.4. The van der Waals surface area contributed by atoms with Crippen molar-refractivity contribution in [2.75, 3.05) is 6.61 Å². The molecular formula is C13H13NO3. The van der Waals surface area contributed by atoms with E-state index in [2.05, 4.69) is 0 Å². The van der Waals surface area contributed by atoms with Gasteiger partial charge in [0.25, 0.3) is 0 Å². The maximum absolute atomic E-state index is 11.4. The molecule has 0 bridgehead atoms. The number of benzene rings is 1. The van der Waals surface area contributed by atoms with E-state index in [1.54, 1.807) is 26.0 Å². The summed E-state index contributed by atoms with van der Waals surface area (Å²) in [6.07, 6.45) is 0.700. The third kappa shape index (κ3) is 2.91. The number of aldehydes is 1. The molecule has 0 aromatic heterocycles. The van der Waals surface area contributed by atoms with Gasteiger partial charge in [-0.2, -0.15) is 5.26 Å². The second-order valence-electron chi connectivity index (χ2n) is 3.52. The van der Waals surface area contributed by atoms with Gasteiger partial charge in [0.05, 0.1) is 24.7 Å². The lowest BCUT2D eigenvalue weighted by atomic mass is 9.96. The summed E-state index contributed by atoms with van der Waals surface area (Å²) in [5.41, 5.74) is 2.12. The number of carbonyl (C=O) groups is 2. The zero-order valence-corrected chi connectivity index (χ0v) is 9.82. The molecule has 4 nitrogen and oxygen atoms in total. The van der Waals surface area contributed by atoms with E-state index in [1.807, 2.05) is 6.07 Å². The molecule has 0 heterocycles. The smallest absolute Gasteiger partial charge is 0.310 e. The van der Waals surface area contributed by atoms with Crippen molar-refractivity contribution < 1.29 is 14.3 Å². The Hall–Kier alpha value is -2.15. The van der Waals surface area contributed by atoms with Crippen LogP contribution >= 0.6 is 0 Å². The van der Waals surface area contributed by atoms with Gasteiger partial charge in [-0.1, -0.05) is 6.07 Å². The van der Waals surface area contributed by atoms with E-state index >= 15 is 0 Å². The van der Waals surface area contributed by atoms with Gasteiger partial charge in [0.2, 0.25) is 0 Å². The van der Waals surface area contributed by atoms with Crippen LogP contribution in [0.2, 0.25) is 0 Å². The predicted molar refractivity (Wildman–Crippen MR) is 61.6 cm³/mol. The van der Waals surface area contributed by atoms with Crippen molar-refractivity contribution in [2.45, 2.75) is 20.3 Å². The van der Waals surface area contributed by atoms with Crippen LogP contribution < -0.4 is 0 Å². The summed E-state index contributed by atoms with van der Waals surface area (Å²) in [6.45, 7) is 3.74. The normalized spacial score (nSPS) is 9.47. The van der Waals surface area contributed by atoms with Gasteiger partial charge in [-0.3, -0.25) is 9.59 Å². The second kappa shape index (κ2) is 5.80. The Morgan fingerprint density at radius 3 is 2.76 bits per heavy atom. The number of nitriles is 1. The van der Waals surface area contributed by atoms with Crippen LogP contribution in [0, 0.1) is 18.3 Å². The molecule has 88 valence electrons. The van der Waals surface area contributed by atoms with Crippen molar-refractivity contribution in [3.05, 3.63) is 34.4 Å². The Morgan fingerprint density at radius 1 is 1.53 bits per heavy atom. The van der Waals surface area contributed by atoms with Crippen LogP contribution in [0.3, 0.4) is 0 Å². The Bertz CT molecular complexity index is 486. The van der Waals surface area contributed by atoms with Crippen molar-refractivity contribution in [1.29, 1.82) is 5.26 Å². The molecule has 17 heavy (non-hydrogen) atoms. The molecule has 0 saturated carbocycles. The topological polar surface area (TPSA) is 67.2 Å². The molecule has 1 aromatic rings. The van der Waals surface area contributed by atoms with Crippen LogP contribution in [-0.2, 0) is 16.0 Å². The van der Waals surface area contributed by atoms with E-state index in [4.69, 9.17) is 10.00 Å². The quantitative estimate of drug-likeness (QED) is 0.585. The number of esters is 1. The van der Waals surface area contributed by atoms with Crippen molar-refractivity contribution in [2.24, 2.45) is 0 Å². The van der Waals surface area contributed by atoms with Crippen molar-refractivity contribution in [3.8, 4) is 6.07 Å². The number of carbonyl (C=O) groups excluding carboxylic acids is 2. The van der Waals surface area contributed by atoms with Gasteiger partial charge in [-0.05, 0) is 31.0 Å². The average Bonchev–Trinajstić information content (AvgIpc) is 2.32. The Morgan fingerprint density at radius 2 is 2.24 bits per heavy atom. The van der Waals surface area contributed by atoms with Gasteiger partial charge in [-0.15, -0.1) is 0 Å². The first-order valence-electron chi connectivity index (χ1n) is 5.27. The number of nitrogens with zero attached hydrogens (tertiary/aromatic N) is 1. The Labute approximate surface area is 99.8 Å². The lowest BCUT2D eigenvalue weighted by Crippen LogP contribution is -2.11. The molecule has 0 aliphatic rings. The predicted octanol–water partition coefficient (Wildman–Crippen LogP) is 1.78. The summed E-state index contributed by atoms with van der Waals surface area (Å²) in [4.78, 5) is 22.3. The minimum Gasteiger partial charge on any atom is -0.466 e. The van der Waals surface area contributed by atoms with E-state index in [1.165, 1.54) is 0 Å². The lowest BCUT2D eigenvalue weighted by Gasteiger charge is -2.09. The summed E-state index contributed by atoms with van der Waals surface area (Å²) >= 11 is 0. The number of rotatable bonds is 4. The molecule has 0 amide bonds. The van der Waals surface area contributed by atoms with E-state index in [0.717, 1.165) is 0 Å². The Kier molecular flexibility index (Phi) is 4.41. The van der Waals surface area contributed by atoms with Gasteiger partial charge in [0.15, 0.2) is 0 Å². The molecule has 0 aliphatic heterocycles. The number of hydrogen-bond donors (Lipinski definition) is 0. The van der Waals surface area contributed by atoms with Crippen LogP contribution in [-0.4, -0.2) is 18.9 Å². The first-order valence-corrected chi connectivity index (χ1v) is 5.27. The Balaban J connectivity index is 3.15. The summed E-state index contributed by atoms with van der Waals surface area (Å²) in [5, 5.41) is 8.89. The fourth-order valence-corrected chi connectivity index (χ4v) is 1.60. The minimum absolute atomic E-state index is 0.0171. The molecule has 0 radical (unpaired) electrons. The summed E-state index contributed by atoms with van der Waals surface area (Å²) < 4.78 is 4.84. The maximum Gasteiger partial charge on any atom is 0.310 e. The van der Waals surface area contributed by atoms with Crippen LogP contribution in [0.5, 0.6) is 0 Å². The zero-order chi connectivity index (χ0) is 12.8. The molecule has 0 atom stereocenters. The highest BCUT2D eigenvalue weighted by molar-refractivity contribution is 5.83. The van der Waals surface area contributed by atoms with E-state index in [0.29, 0.717) is 35.1 Å². The largest absolute Gasteiger partial charge is 0.466 e. The van der Waals surface area contributed by atoms with E-state index in [9.17, 15) is 9.59 Å². The molecule has 0 N–H and O–H groups in total. The SMILES string of the molecule is CCOC(=O)Cc1c(C=O)ccc(C#N)c1C. The van der Waals surface area contributed by atoms with Gasteiger partial charge in [0.1, 0.15) is 6.29 Å². The number of ether oxygens (including phenoxy) is 1. The highest BCUT2D eigenvalue weighted by Gasteiger charge is 2.13. The van der Waals surface area contributed by atoms with Crippen LogP contribution in [0.15, 0.2) is 12.1 Å². The minimum atomic E-state index is -0.395. The summed E-state index contributed by atoms with van der Waals surface area (Å²) in [7, 11) is 0. The molecule has 4 heteroatoms. The van der Waals surface area contributed by atoms with Gasteiger partial charge in [0, 0.05) is 5.56 Å². The highest BCUT2D eigenvalue weighted by atomic mass is 16.5. The first kappa shape index (κ1) is 12.9. The van der Waals surface area contributed by atoms with Gasteiger partial charge >= 0.3 is 5.97 Å². The average molecular weight is 231 g/mol. The third-order valence-corrected chi connectivity index (χ3v) is 2.51. The van der Waals surface area contributed by atoms with E-state index < -0.39 is 5.97 Å². The molecular weight excluding hydrogens is 218 g/mol. The summed E-state index contributed by atoms with van der Waals surface area (Å²) in [6, 6.07) is 5.15. The third-order valence-electron chi connectivity index (χ3n) is 2.51. The fourth-order valence-electron chi connectivity index (χ4n) is 1.60. The second-order valence-corrected chi connectivity index (χ2v) is 3.52. The molecule has 0 unspecified atom stereocenters. The highest BCUT2D eigenvalue weighted by Crippen LogP contribution is 2.18. The molecule has 1 aromatic carbocycles. The number of hydrogen-bond acceptors (Lipinski definition) is 4. The fraction of sp³-hybridized carbons (Fsp3) is 0.308. The first-order chi connectivity index (χ1) is 8.13. The monoisotopic (exact) mass is 231 g/mol. The molecule has 0 fully saturated rings. The van der Waals surface area contributed by atoms with Crippen LogP contribution in [0.1, 0.15) is 34.0 Å². The standard InChI is InChI=1S/C13H13NO3/c1-3-17-13(16)6-12-9(2)10(7-14)4-5-11(12)8-15/h4-5,8H,3,6H2,1-2H3. The van der Waals surface area contributed by atoms with Crippen LogP contribution in [0.4, 0.5) is 0 Å². The van der Waals surface area contributed by atoms with Crippen molar-refractivity contribution >= 4 is 12.3 Å². The molecule has 0 spiro atoms. The van der Waals surface area contributed by atoms with Gasteiger partial charge in [-0.25, -0.2) is 0 Å². The van der Waals surface area contributed by atoms with Crippen molar-refractivity contribution in [3.63, 3.8) is 0 Å².